The predicted octanol–water partition coefficient (Wildman–Crippen LogP) is 32.5. The third-order valence-corrected chi connectivity index (χ3v) is 11.5. The van der Waals surface area contributed by atoms with Crippen LogP contribution in [0.15, 0.2) is 0 Å². The van der Waals surface area contributed by atoms with Crippen LogP contribution >= 0.6 is 0 Å². The van der Waals surface area contributed by atoms with E-state index in [9.17, 15) is 26.3 Å². The Morgan fingerprint density at radius 1 is 0.402 bits per heavy atom. The molecule has 0 aromatic rings. The third-order valence-electron chi connectivity index (χ3n) is 11.5. The van der Waals surface area contributed by atoms with Gasteiger partial charge in [0, 0.05) is 9.60 Å². The van der Waals surface area contributed by atoms with Gasteiger partial charge < -0.3 is 0 Å². The fourth-order valence-corrected chi connectivity index (χ4v) is 5.11. The molecule has 0 amide bonds. The Labute approximate surface area is 533 Å². The number of hydrogen-bond acceptors (Lipinski definition) is 0. The summed E-state index contributed by atoms with van der Waals surface area (Å²) in [5, 5.41) is 0. The van der Waals surface area contributed by atoms with Crippen LogP contribution in [0.5, 0.6) is 0 Å². The van der Waals surface area contributed by atoms with Gasteiger partial charge in [-0.1, -0.05) is 410 Å². The van der Waals surface area contributed by atoms with Gasteiger partial charge in [-0.05, 0) is 65.6 Å². The van der Waals surface area contributed by atoms with E-state index in [4.69, 9.17) is 9.60 Å². The minimum atomic E-state index is -3.99. The molecule has 0 heterocycles. The lowest BCUT2D eigenvalue weighted by molar-refractivity contribution is -0.171. The Morgan fingerprint density at radius 3 is 0.732 bits per heavy atom. The number of rotatable bonds is 13. The second-order valence-electron chi connectivity index (χ2n) is 26.2. The first kappa shape index (κ1) is 92.7. The first-order chi connectivity index (χ1) is 39.9. The maximum atomic E-state index is 11.6. The molecule has 2 atom stereocenters. The lowest BCUT2D eigenvalue weighted by atomic mass is 9.88. The molecule has 2 unspecified atom stereocenters. The van der Waals surface area contributed by atoms with Crippen molar-refractivity contribution >= 4 is 0 Å². The third kappa shape index (κ3) is 185. The summed E-state index contributed by atoms with van der Waals surface area (Å²) in [6.07, 6.45) is 17.4. The Morgan fingerprint density at radius 2 is 0.671 bits per heavy atom. The van der Waals surface area contributed by atoms with Gasteiger partial charge in [0.05, 0.1) is 11.8 Å². The molecule has 6 heteroatoms. The Kier molecular flexibility index (Phi) is 101. The minimum Gasteiger partial charge on any atom is -0.171 e. The smallest absolute Gasteiger partial charge is 0.171 e. The molecule has 0 spiro atoms. The number of alkyl halides is 6. The molecule has 2 saturated carbocycles. The Hall–Kier alpha value is -0.420. The zero-order chi connectivity index (χ0) is 74.7. The molecule has 0 nitrogen and oxygen atoms in total. The van der Waals surface area contributed by atoms with Gasteiger partial charge in [-0.2, -0.15) is 26.3 Å². The predicted molar refractivity (Wildman–Crippen MR) is 378 cm³/mol. The number of halogens is 6. The summed E-state index contributed by atoms with van der Waals surface area (Å²) in [7, 11) is 0. The van der Waals surface area contributed by atoms with Crippen LogP contribution < -0.4 is 0 Å². The number of hydrogen-bond donors (Lipinski definition) is 0. The van der Waals surface area contributed by atoms with Crippen molar-refractivity contribution in [1.82, 2.24) is 0 Å². The molecule has 0 saturated heterocycles. The maximum Gasteiger partial charge on any atom is 0.391 e. The monoisotopic (exact) mass is 1210 g/mol. The Balaban J connectivity index is -0.0000000641. The molecule has 2 aliphatic carbocycles. The molecule has 82 heavy (non-hydrogen) atoms. The van der Waals surface area contributed by atoms with E-state index in [1.165, 1.54) is 130 Å². The molecule has 0 aliphatic heterocycles. The van der Waals surface area contributed by atoms with Crippen molar-refractivity contribution in [2.75, 3.05) is 0 Å². The maximum absolute atomic E-state index is 11.6. The van der Waals surface area contributed by atoms with Crippen LogP contribution in [0, 0.1) is 58.1 Å². The van der Waals surface area contributed by atoms with Gasteiger partial charge in [0.1, 0.15) is 0 Å². The topological polar surface area (TPSA) is 0 Å². The summed E-state index contributed by atoms with van der Waals surface area (Å²) in [5.41, 5.74) is 1.09. The van der Waals surface area contributed by atoms with E-state index in [0.29, 0.717) is 35.5 Å². The van der Waals surface area contributed by atoms with Crippen LogP contribution in [0.2, 0.25) is 0 Å². The van der Waals surface area contributed by atoms with Gasteiger partial charge in [-0.15, -0.1) is 0 Å². The van der Waals surface area contributed by atoms with Gasteiger partial charge in [-0.25, -0.2) is 0 Å². The van der Waals surface area contributed by atoms with E-state index in [0.717, 1.165) is 43.4 Å². The van der Waals surface area contributed by atoms with Crippen molar-refractivity contribution in [2.45, 2.75) is 441 Å². The second kappa shape index (κ2) is 89.3. The van der Waals surface area contributed by atoms with E-state index < -0.39 is 43.3 Å². The van der Waals surface area contributed by atoms with Gasteiger partial charge in [0.25, 0.3) is 0 Å². The Bertz CT molecular complexity index is 1180. The lowest BCUT2D eigenvalue weighted by Gasteiger charge is -2.18. The van der Waals surface area contributed by atoms with Crippen molar-refractivity contribution in [3.8, 4) is 0 Å². The fourth-order valence-electron chi connectivity index (χ4n) is 5.11. The van der Waals surface area contributed by atoms with Crippen LogP contribution in [0.4, 0.5) is 26.3 Å². The molecule has 2 aliphatic rings. The van der Waals surface area contributed by atoms with E-state index in [1.807, 2.05) is 41.5 Å². The highest BCUT2D eigenvalue weighted by Crippen LogP contribution is 2.30. The number of unbranched alkanes of at least 4 members (excludes halogenated alkanes) is 3. The van der Waals surface area contributed by atoms with Crippen LogP contribution in [-0.4, -0.2) is 12.4 Å². The summed E-state index contributed by atoms with van der Waals surface area (Å²) in [6.45, 7) is 72.9. The van der Waals surface area contributed by atoms with Crippen LogP contribution in [0.3, 0.4) is 0 Å². The van der Waals surface area contributed by atoms with Crippen LogP contribution in [-0.2, 0) is 0 Å². The molecule has 2 rings (SSSR count). The highest BCUT2D eigenvalue weighted by atomic mass is 19.4. The van der Waals surface area contributed by atoms with Crippen molar-refractivity contribution in [3.05, 3.63) is 0 Å². The molecular weight excluding hydrogens is 1030 g/mol. The van der Waals surface area contributed by atoms with E-state index in [-0.39, 0.29) is 18.7 Å². The molecule has 518 valence electrons. The normalized spacial score (nSPS) is 15.2. The van der Waals surface area contributed by atoms with E-state index in [1.54, 1.807) is 27.7 Å². The van der Waals surface area contributed by atoms with Crippen molar-refractivity contribution in [1.29, 1.82) is 0 Å². The second-order valence-corrected chi connectivity index (χ2v) is 26.2. The average Bonchev–Trinajstić information content (AvgIpc) is 3.94. The zero-order valence-corrected chi connectivity index (χ0v) is 64.0. The molecule has 0 aromatic heterocycles. The molecule has 0 aromatic carbocycles. The molecule has 0 radical (unpaired) electrons. The SMILES string of the molecule is CC.CC(C)C.CCC.CCC(C)(C)C.CCC(C)C.CCC(C)C(F)(F)F.CCCC.CCCC(C)(C)C.CCCC(C)C.CCCC(C)C(F)(F)F.CCCCC.[2H]C(C)(C)C.[2H]C([2H])(C)C1CCCC1.[2H]C([2H])(C)C1CCCCC1.[2H]C([2H])(C)CC. The summed E-state index contributed by atoms with van der Waals surface area (Å²) in [6, 6.07) is 0. The summed E-state index contributed by atoms with van der Waals surface area (Å²) in [5.74, 6) is 0.758. The van der Waals surface area contributed by atoms with E-state index in [2.05, 4.69) is 159 Å². The summed E-state index contributed by atoms with van der Waals surface area (Å²) < 4.78 is 120. The standard InChI is InChI=1S/C8H16.C7H14.C7H16.C6H11F3.2C6H14.C5H9F3.2C5H12.4C4H10.C3H8.C2H6/c1-2-8-6-4-3-5-7-8;1-2-7-5-3-4-6-7;1-5-6-7(2,3)4;1-3-4-5(2)6(7,8)9;1-5-6(2,3)4;1-4-5-6(2)3;1-3-4(2)5(6,7)8;1-4-5(2)3;1-3-5-4-2;2*1-4(2)3;2*1-3-4-2;1-3-2;1-2/h8H,2-7H2,1H3;7H,2-6H2,1H3;5-6H2,1-4H3;5H,3-4H2,1-2H3;5H2,1-4H3;6H,4-5H2,1-3H3;4H,3H2,1-2H3;5H,4H2,1-3H3;3-5H2,1-2H3;2*4H,1-3H3;2*3-4H2,1-2H3;3H2,1-2H3;1-2H3/i2*2D2;;;;;;;;4D;;3D2;;;. The lowest BCUT2D eigenvalue weighted by Crippen LogP contribution is -2.19. The summed E-state index contributed by atoms with van der Waals surface area (Å²) >= 11 is 0. The van der Waals surface area contributed by atoms with Crippen LogP contribution in [0.1, 0.15) is 438 Å². The largest absolute Gasteiger partial charge is 0.391 e. The highest BCUT2D eigenvalue weighted by molar-refractivity contribution is 4.65. The van der Waals surface area contributed by atoms with E-state index >= 15 is 0 Å². The molecular formula is C76H172F6. The van der Waals surface area contributed by atoms with Gasteiger partial charge in [0.15, 0.2) is 0 Å². The minimum absolute atomic E-state index is 0.170. The average molecular weight is 1210 g/mol. The van der Waals surface area contributed by atoms with Crippen molar-refractivity contribution in [3.63, 3.8) is 0 Å². The molecule has 0 N–H and O–H groups in total. The van der Waals surface area contributed by atoms with Crippen LogP contribution in [0.25, 0.3) is 0 Å². The van der Waals surface area contributed by atoms with Gasteiger partial charge in [0.2, 0.25) is 0 Å². The van der Waals surface area contributed by atoms with Crippen molar-refractivity contribution < 1.29 is 35.9 Å². The van der Waals surface area contributed by atoms with Gasteiger partial charge in [-0.3, -0.25) is 0 Å². The highest BCUT2D eigenvalue weighted by Gasteiger charge is 2.35. The molecule has 0 bridgehead atoms. The zero-order valence-electron chi connectivity index (χ0n) is 71.0. The van der Waals surface area contributed by atoms with Gasteiger partial charge >= 0.3 is 12.4 Å². The first-order valence-corrected chi connectivity index (χ1v) is 34.5. The quantitative estimate of drug-likeness (QED) is 0.161. The fraction of sp³-hybridized carbons (Fsp3) is 1.00. The summed E-state index contributed by atoms with van der Waals surface area (Å²) in [4.78, 5) is 0. The van der Waals surface area contributed by atoms with Crippen molar-refractivity contribution in [2.24, 2.45) is 58.1 Å². The molecule has 2 fully saturated rings. The first-order valence-electron chi connectivity index (χ1n) is 38.0.